The number of sulfone groups is 2. The fraction of sp³-hybridized carbons (Fsp3) is 0.519. The van der Waals surface area contributed by atoms with E-state index < -0.39 is 30.2 Å². The molecule has 2 aromatic rings. The van der Waals surface area contributed by atoms with Crippen LogP contribution in [0.5, 0.6) is 0 Å². The number of allylic oxidation sites excluding steroid dienone is 12. The predicted molar refractivity (Wildman–Crippen MR) is 256 cm³/mol. The molecule has 2 aliphatic carbocycles. The molecule has 0 radical (unpaired) electrons. The minimum Gasteiger partial charge on any atom is -0.223 e. The summed E-state index contributed by atoms with van der Waals surface area (Å²) in [6.07, 6.45) is 25.2. The third-order valence-electron chi connectivity index (χ3n) is 13.8. The van der Waals surface area contributed by atoms with E-state index >= 15 is 0 Å². The highest BCUT2D eigenvalue weighted by atomic mass is 32.2. The Morgan fingerprint density at radius 3 is 1.23 bits per heavy atom. The zero-order valence-electron chi connectivity index (χ0n) is 39.0. The summed E-state index contributed by atoms with van der Waals surface area (Å²) >= 11 is 0. The molecular weight excluding hydrogens is 777 g/mol. The molecule has 0 N–H and O–H groups in total. The zero-order chi connectivity index (χ0) is 44.5. The number of rotatable bonds is 18. The Morgan fingerprint density at radius 1 is 0.583 bits per heavy atom. The van der Waals surface area contributed by atoms with Gasteiger partial charge in [-0.2, -0.15) is 0 Å². The van der Waals surface area contributed by atoms with Gasteiger partial charge in [-0.15, -0.1) is 0 Å². The van der Waals surface area contributed by atoms with Gasteiger partial charge in [0.05, 0.1) is 20.3 Å². The van der Waals surface area contributed by atoms with Crippen LogP contribution < -0.4 is 0 Å². The highest BCUT2D eigenvalue weighted by molar-refractivity contribution is 7.92. The lowest BCUT2D eigenvalue weighted by atomic mass is 9.72. The second-order valence-electron chi connectivity index (χ2n) is 19.6. The Balaban J connectivity index is 1.54. The van der Waals surface area contributed by atoms with Crippen LogP contribution in [0.4, 0.5) is 0 Å². The molecule has 2 aliphatic rings. The molecule has 2 aromatic carbocycles. The van der Waals surface area contributed by atoms with Gasteiger partial charge in [-0.05, 0) is 149 Å². The molecule has 6 unspecified atom stereocenters. The number of hydrogen-bond acceptors (Lipinski definition) is 4. The molecule has 4 rings (SSSR count). The molecule has 0 saturated heterocycles. The number of benzene rings is 2. The summed E-state index contributed by atoms with van der Waals surface area (Å²) in [5, 5.41) is -1.39. The average Bonchev–Trinajstić information content (AvgIpc) is 3.19. The fourth-order valence-electron chi connectivity index (χ4n) is 9.36. The molecule has 0 aromatic heterocycles. The van der Waals surface area contributed by atoms with Gasteiger partial charge in [0.2, 0.25) is 0 Å². The van der Waals surface area contributed by atoms with Crippen molar-refractivity contribution >= 4 is 19.7 Å². The summed E-state index contributed by atoms with van der Waals surface area (Å²) in [5.74, 6) is -0.174. The van der Waals surface area contributed by atoms with E-state index in [1.54, 1.807) is 48.5 Å². The van der Waals surface area contributed by atoms with E-state index in [9.17, 15) is 16.8 Å². The number of hydrogen-bond donors (Lipinski definition) is 0. The lowest BCUT2D eigenvalue weighted by molar-refractivity contribution is 0.376. The molecule has 4 nitrogen and oxygen atoms in total. The van der Waals surface area contributed by atoms with Gasteiger partial charge in [0.1, 0.15) is 0 Å². The first kappa shape index (κ1) is 49.2. The van der Waals surface area contributed by atoms with Crippen LogP contribution in [-0.4, -0.2) is 27.3 Å². The van der Waals surface area contributed by atoms with Crippen molar-refractivity contribution < 1.29 is 16.8 Å². The molecule has 0 aliphatic heterocycles. The highest BCUT2D eigenvalue weighted by Crippen LogP contribution is 2.42. The summed E-state index contributed by atoms with van der Waals surface area (Å²) in [6.45, 7) is 26.1. The summed E-state index contributed by atoms with van der Waals surface area (Å²) in [5.41, 5.74) is 7.65. The van der Waals surface area contributed by atoms with Gasteiger partial charge in [-0.1, -0.05) is 163 Å². The quantitative estimate of drug-likeness (QED) is 0.111. The van der Waals surface area contributed by atoms with E-state index in [1.165, 1.54) is 35.1 Å². The van der Waals surface area contributed by atoms with Crippen LogP contribution in [0.3, 0.4) is 0 Å². The summed E-state index contributed by atoms with van der Waals surface area (Å²) in [7, 11) is -7.33. The molecule has 6 heteroatoms. The maximum absolute atomic E-state index is 14.3. The first-order valence-corrected chi connectivity index (χ1v) is 25.5. The van der Waals surface area contributed by atoms with Crippen LogP contribution >= 0.6 is 0 Å². The second kappa shape index (κ2) is 21.1. The van der Waals surface area contributed by atoms with Gasteiger partial charge in [-0.25, -0.2) is 16.8 Å². The van der Waals surface area contributed by atoms with Gasteiger partial charge in [-0.3, -0.25) is 0 Å². The molecule has 0 amide bonds. The lowest BCUT2D eigenvalue weighted by Crippen LogP contribution is -2.31. The van der Waals surface area contributed by atoms with Crippen molar-refractivity contribution in [1.82, 2.24) is 0 Å². The van der Waals surface area contributed by atoms with Crippen LogP contribution in [0.15, 0.2) is 153 Å². The molecular formula is C54H76O4S2. The molecule has 0 saturated carbocycles. The second-order valence-corrected chi connectivity index (χ2v) is 23.8. The van der Waals surface area contributed by atoms with E-state index in [4.69, 9.17) is 0 Å². The molecule has 60 heavy (non-hydrogen) atoms. The van der Waals surface area contributed by atoms with Gasteiger partial charge in [0.15, 0.2) is 19.7 Å². The lowest BCUT2D eigenvalue weighted by Gasteiger charge is -2.33. The minimum atomic E-state index is -3.66. The van der Waals surface area contributed by atoms with E-state index in [-0.39, 0.29) is 34.5 Å². The van der Waals surface area contributed by atoms with Crippen LogP contribution in [0.1, 0.15) is 134 Å². The summed E-state index contributed by atoms with van der Waals surface area (Å²) < 4.78 is 57.2. The third-order valence-corrected chi connectivity index (χ3v) is 18.3. The van der Waals surface area contributed by atoms with E-state index in [0.717, 1.165) is 36.8 Å². The molecule has 0 spiro atoms. The SMILES string of the molecule is CC1=C(/C=C/C(C)=C/C(C(C)C(C)C/C=C/CC(C)C(C)C(/C=C(C)/C=C/C2=C(C)CCCC2(C)C)S(=O)(=O)c2ccccc2)S(=O)(=O)c2ccccc2)C(C)(C)CCC1. The molecule has 328 valence electrons. The van der Waals surface area contributed by atoms with E-state index in [0.29, 0.717) is 22.6 Å². The largest absolute Gasteiger partial charge is 0.223 e. The van der Waals surface area contributed by atoms with Crippen molar-refractivity contribution in [1.29, 1.82) is 0 Å². The van der Waals surface area contributed by atoms with Crippen molar-refractivity contribution in [3.8, 4) is 0 Å². The Bertz CT molecular complexity index is 2040. The van der Waals surface area contributed by atoms with Crippen molar-refractivity contribution in [2.45, 2.75) is 155 Å². The van der Waals surface area contributed by atoms with Gasteiger partial charge in [0, 0.05) is 0 Å². The first-order chi connectivity index (χ1) is 28.1. The molecule has 0 heterocycles. The van der Waals surface area contributed by atoms with Crippen molar-refractivity contribution in [2.75, 3.05) is 0 Å². The van der Waals surface area contributed by atoms with E-state index in [2.05, 4.69) is 106 Å². The van der Waals surface area contributed by atoms with Crippen LogP contribution in [-0.2, 0) is 19.7 Å². The monoisotopic (exact) mass is 853 g/mol. The summed E-state index contributed by atoms with van der Waals surface area (Å²) in [4.78, 5) is 0.689. The van der Waals surface area contributed by atoms with Crippen LogP contribution in [0, 0.1) is 34.5 Å². The Labute approximate surface area is 366 Å². The minimum absolute atomic E-state index is 0.0733. The van der Waals surface area contributed by atoms with Gasteiger partial charge < -0.3 is 0 Å². The Hall–Kier alpha value is -3.48. The predicted octanol–water partition coefficient (Wildman–Crippen LogP) is 14.6. The standard InChI is InChI=1S/C54H76O4S2/c1-39(31-33-49-43(5)25-21-35-53(49,9)10)37-51(59(55,56)47-27-15-13-16-28-47)45(7)41(3)23-19-20-24-42(4)46(8)52(60(57,58)48-29-17-14-18-30-48)38-40(2)32-34-50-44(6)26-22-36-54(50,11)12/h13-20,27-34,37-38,41-42,45-46,51-52H,21-26,35-36H2,1-12H3/b20-19+,33-31+,34-32+,39-37+,40-38+. The summed E-state index contributed by atoms with van der Waals surface area (Å²) in [6, 6.07) is 17.7. The normalized spacial score (nSPS) is 21.4. The smallest absolute Gasteiger partial charge is 0.185 e. The maximum atomic E-state index is 14.3. The molecule has 6 atom stereocenters. The molecule has 0 bridgehead atoms. The highest BCUT2D eigenvalue weighted by Gasteiger charge is 2.35. The maximum Gasteiger partial charge on any atom is 0.185 e. The first-order valence-electron chi connectivity index (χ1n) is 22.5. The Morgan fingerprint density at radius 2 is 0.917 bits per heavy atom. The Kier molecular flexibility index (Phi) is 17.3. The van der Waals surface area contributed by atoms with Crippen molar-refractivity contribution in [3.63, 3.8) is 0 Å². The third kappa shape index (κ3) is 12.6. The van der Waals surface area contributed by atoms with E-state index in [1.807, 2.05) is 38.1 Å². The van der Waals surface area contributed by atoms with Crippen molar-refractivity contribution in [3.05, 3.63) is 143 Å². The van der Waals surface area contributed by atoms with Gasteiger partial charge in [0.25, 0.3) is 0 Å². The van der Waals surface area contributed by atoms with Crippen LogP contribution in [0.25, 0.3) is 0 Å². The fourth-order valence-corrected chi connectivity index (χ4v) is 13.5. The average molecular weight is 853 g/mol. The zero-order valence-corrected chi connectivity index (χ0v) is 40.6. The molecule has 0 fully saturated rings. The topological polar surface area (TPSA) is 68.3 Å². The van der Waals surface area contributed by atoms with Gasteiger partial charge >= 0.3 is 0 Å². The van der Waals surface area contributed by atoms with Crippen molar-refractivity contribution in [2.24, 2.45) is 34.5 Å². The van der Waals surface area contributed by atoms with Crippen LogP contribution in [0.2, 0.25) is 0 Å².